The van der Waals surface area contributed by atoms with Crippen LogP contribution in [-0.4, -0.2) is 19.2 Å². The standard InChI is InChI=1S/C12H16N2O2S/c1-14-7-10(8-17(2,15)16)11-4-3-9(6-13)5-12(11)14/h3-5,7H,6,8,13H2,1-2H3. The average molecular weight is 252 g/mol. The van der Waals surface area contributed by atoms with Crippen molar-refractivity contribution >= 4 is 20.7 Å². The van der Waals surface area contributed by atoms with Crippen LogP contribution in [0.2, 0.25) is 0 Å². The molecule has 0 unspecified atom stereocenters. The Kier molecular flexibility index (Phi) is 2.97. The molecule has 1 aromatic heterocycles. The molecule has 0 saturated carbocycles. The van der Waals surface area contributed by atoms with Gasteiger partial charge in [0.1, 0.15) is 0 Å². The monoisotopic (exact) mass is 252 g/mol. The van der Waals surface area contributed by atoms with Crippen LogP contribution in [0.25, 0.3) is 10.9 Å². The molecule has 0 bridgehead atoms. The number of aromatic nitrogens is 1. The van der Waals surface area contributed by atoms with Crippen LogP contribution in [0.4, 0.5) is 0 Å². The highest BCUT2D eigenvalue weighted by Crippen LogP contribution is 2.23. The summed E-state index contributed by atoms with van der Waals surface area (Å²) in [6.07, 6.45) is 3.12. The molecule has 0 amide bonds. The van der Waals surface area contributed by atoms with Gasteiger partial charge in [0.25, 0.3) is 0 Å². The molecule has 2 aromatic rings. The second-order valence-electron chi connectivity index (χ2n) is 4.39. The van der Waals surface area contributed by atoms with Crippen molar-refractivity contribution in [3.63, 3.8) is 0 Å². The number of sulfone groups is 1. The first-order chi connectivity index (χ1) is 7.90. The Morgan fingerprint density at radius 2 is 2.06 bits per heavy atom. The minimum atomic E-state index is -3.01. The van der Waals surface area contributed by atoms with Crippen molar-refractivity contribution in [2.45, 2.75) is 12.3 Å². The molecule has 92 valence electrons. The minimum Gasteiger partial charge on any atom is -0.350 e. The number of benzene rings is 1. The molecule has 1 aromatic carbocycles. The van der Waals surface area contributed by atoms with Crippen LogP contribution in [0, 0.1) is 0 Å². The zero-order valence-electron chi connectivity index (χ0n) is 9.97. The van der Waals surface area contributed by atoms with E-state index < -0.39 is 9.84 Å². The van der Waals surface area contributed by atoms with Gasteiger partial charge in [-0.05, 0) is 17.2 Å². The summed E-state index contributed by atoms with van der Waals surface area (Å²) in [5.74, 6) is 0.0757. The molecule has 2 rings (SSSR count). The molecular weight excluding hydrogens is 236 g/mol. The Balaban J connectivity index is 2.60. The van der Waals surface area contributed by atoms with Crippen LogP contribution < -0.4 is 5.73 Å². The maximum absolute atomic E-state index is 11.3. The number of nitrogens with two attached hydrogens (primary N) is 1. The second-order valence-corrected chi connectivity index (χ2v) is 6.53. The first-order valence-corrected chi connectivity index (χ1v) is 7.41. The van der Waals surface area contributed by atoms with E-state index in [-0.39, 0.29) is 5.75 Å². The lowest BCUT2D eigenvalue weighted by atomic mass is 10.1. The SMILES string of the molecule is Cn1cc(CS(C)(=O)=O)c2ccc(CN)cc21. The van der Waals surface area contributed by atoms with Gasteiger partial charge in [-0.1, -0.05) is 12.1 Å². The maximum atomic E-state index is 11.3. The summed E-state index contributed by atoms with van der Waals surface area (Å²) in [6, 6.07) is 5.88. The predicted molar refractivity (Wildman–Crippen MR) is 69.4 cm³/mol. The molecule has 0 aliphatic heterocycles. The molecule has 5 heteroatoms. The lowest BCUT2D eigenvalue weighted by Gasteiger charge is -2.00. The van der Waals surface area contributed by atoms with Crippen LogP contribution in [0.3, 0.4) is 0 Å². The summed E-state index contributed by atoms with van der Waals surface area (Å²) in [5.41, 5.74) is 8.50. The number of nitrogens with zero attached hydrogens (tertiary/aromatic N) is 1. The van der Waals surface area contributed by atoms with Crippen molar-refractivity contribution in [1.82, 2.24) is 4.57 Å². The molecule has 0 saturated heterocycles. The first kappa shape index (κ1) is 12.1. The Hall–Kier alpha value is -1.33. The van der Waals surface area contributed by atoms with Gasteiger partial charge in [0.05, 0.1) is 5.75 Å². The van der Waals surface area contributed by atoms with Crippen LogP contribution >= 0.6 is 0 Å². The van der Waals surface area contributed by atoms with E-state index in [1.807, 2.05) is 36.0 Å². The van der Waals surface area contributed by atoms with Gasteiger partial charge in [-0.15, -0.1) is 0 Å². The first-order valence-electron chi connectivity index (χ1n) is 5.35. The average Bonchev–Trinajstić information content (AvgIpc) is 2.53. The molecule has 0 spiro atoms. The molecule has 0 atom stereocenters. The highest BCUT2D eigenvalue weighted by Gasteiger charge is 2.11. The fraction of sp³-hybridized carbons (Fsp3) is 0.333. The van der Waals surface area contributed by atoms with E-state index in [2.05, 4.69) is 0 Å². The van der Waals surface area contributed by atoms with E-state index in [9.17, 15) is 8.42 Å². The van der Waals surface area contributed by atoms with Crippen LogP contribution in [-0.2, 0) is 29.2 Å². The smallest absolute Gasteiger partial charge is 0.151 e. The molecule has 0 fully saturated rings. The van der Waals surface area contributed by atoms with Gasteiger partial charge >= 0.3 is 0 Å². The van der Waals surface area contributed by atoms with Crippen LogP contribution in [0.15, 0.2) is 24.4 Å². The van der Waals surface area contributed by atoms with Crippen molar-refractivity contribution < 1.29 is 8.42 Å². The summed E-state index contributed by atoms with van der Waals surface area (Å²) in [5, 5.41) is 0.982. The second kappa shape index (κ2) is 4.16. The zero-order chi connectivity index (χ0) is 12.6. The minimum absolute atomic E-state index is 0.0757. The van der Waals surface area contributed by atoms with E-state index in [0.717, 1.165) is 22.0 Å². The third kappa shape index (κ3) is 2.50. The maximum Gasteiger partial charge on any atom is 0.151 e. The quantitative estimate of drug-likeness (QED) is 0.892. The van der Waals surface area contributed by atoms with Crippen molar-refractivity contribution in [1.29, 1.82) is 0 Å². The van der Waals surface area contributed by atoms with E-state index in [4.69, 9.17) is 5.73 Å². The molecule has 0 aliphatic rings. The summed E-state index contributed by atoms with van der Waals surface area (Å²) in [4.78, 5) is 0. The van der Waals surface area contributed by atoms with Gasteiger partial charge in [0.2, 0.25) is 0 Å². The summed E-state index contributed by atoms with van der Waals surface area (Å²) in [7, 11) is -1.10. The Labute approximate surface area is 101 Å². The highest BCUT2D eigenvalue weighted by atomic mass is 32.2. The third-order valence-corrected chi connectivity index (χ3v) is 3.63. The number of fused-ring (bicyclic) bond motifs is 1. The topological polar surface area (TPSA) is 65.1 Å². The third-order valence-electron chi connectivity index (χ3n) is 2.79. The normalized spacial score (nSPS) is 12.2. The van der Waals surface area contributed by atoms with Gasteiger partial charge in [-0.3, -0.25) is 0 Å². The lowest BCUT2D eigenvalue weighted by Crippen LogP contribution is -2.00. The molecule has 2 N–H and O–H groups in total. The van der Waals surface area contributed by atoms with E-state index >= 15 is 0 Å². The van der Waals surface area contributed by atoms with Gasteiger partial charge in [0.15, 0.2) is 9.84 Å². The lowest BCUT2D eigenvalue weighted by molar-refractivity contribution is 0.601. The summed E-state index contributed by atoms with van der Waals surface area (Å²) in [6.45, 7) is 0.489. The Morgan fingerprint density at radius 3 is 2.65 bits per heavy atom. The van der Waals surface area contributed by atoms with Gasteiger partial charge in [-0.25, -0.2) is 8.42 Å². The van der Waals surface area contributed by atoms with Crippen molar-refractivity contribution in [2.24, 2.45) is 12.8 Å². The number of hydrogen-bond donors (Lipinski definition) is 1. The van der Waals surface area contributed by atoms with Gasteiger partial charge in [-0.2, -0.15) is 0 Å². The molecule has 0 radical (unpaired) electrons. The molecule has 17 heavy (non-hydrogen) atoms. The highest BCUT2D eigenvalue weighted by molar-refractivity contribution is 7.89. The molecular formula is C12H16N2O2S. The molecule has 4 nitrogen and oxygen atoms in total. The fourth-order valence-electron chi connectivity index (χ4n) is 2.04. The largest absolute Gasteiger partial charge is 0.350 e. The number of rotatable bonds is 3. The number of aryl methyl sites for hydroxylation is 1. The fourth-order valence-corrected chi connectivity index (χ4v) is 2.83. The van der Waals surface area contributed by atoms with Crippen molar-refractivity contribution in [2.75, 3.05) is 6.26 Å². The Bertz CT molecular complexity index is 656. The Morgan fingerprint density at radius 1 is 1.35 bits per heavy atom. The van der Waals surface area contributed by atoms with Crippen LogP contribution in [0.5, 0.6) is 0 Å². The van der Waals surface area contributed by atoms with Gasteiger partial charge < -0.3 is 10.3 Å². The van der Waals surface area contributed by atoms with E-state index in [1.54, 1.807) is 0 Å². The van der Waals surface area contributed by atoms with Crippen LogP contribution in [0.1, 0.15) is 11.1 Å². The van der Waals surface area contributed by atoms with E-state index in [0.29, 0.717) is 6.54 Å². The number of hydrogen-bond acceptors (Lipinski definition) is 3. The molecule has 1 heterocycles. The van der Waals surface area contributed by atoms with Crippen molar-refractivity contribution in [3.05, 3.63) is 35.5 Å². The predicted octanol–water partition coefficient (Wildman–Crippen LogP) is 1.18. The van der Waals surface area contributed by atoms with Crippen molar-refractivity contribution in [3.8, 4) is 0 Å². The zero-order valence-corrected chi connectivity index (χ0v) is 10.8. The summed E-state index contributed by atoms with van der Waals surface area (Å²) >= 11 is 0. The molecule has 0 aliphatic carbocycles. The summed E-state index contributed by atoms with van der Waals surface area (Å²) < 4.78 is 24.6. The van der Waals surface area contributed by atoms with E-state index in [1.165, 1.54) is 6.26 Å². The van der Waals surface area contributed by atoms with Gasteiger partial charge in [0, 0.05) is 36.9 Å².